The van der Waals surface area contributed by atoms with Crippen LogP contribution >= 0.6 is 0 Å². The van der Waals surface area contributed by atoms with Crippen molar-refractivity contribution < 1.29 is 14.3 Å². The minimum absolute atomic E-state index is 0.0111. The van der Waals surface area contributed by atoms with Crippen LogP contribution in [0.5, 0.6) is 0 Å². The van der Waals surface area contributed by atoms with E-state index in [2.05, 4.69) is 20.8 Å². The number of ketones is 1. The lowest BCUT2D eigenvalue weighted by Crippen LogP contribution is -2.47. The Labute approximate surface area is 140 Å². The number of amides is 1. The number of Topliss-reactive ketones (excluding diaryl/α,β-unsaturated/α-hetero) is 1. The fourth-order valence-corrected chi connectivity index (χ4v) is 3.97. The first-order valence-corrected chi connectivity index (χ1v) is 9.01. The number of likely N-dealkylation sites (tertiary alicyclic amines) is 1. The van der Waals surface area contributed by atoms with Gasteiger partial charge in [0.15, 0.2) is 0 Å². The van der Waals surface area contributed by atoms with E-state index in [0.29, 0.717) is 24.7 Å². The Kier molecular flexibility index (Phi) is 5.12. The highest BCUT2D eigenvalue weighted by molar-refractivity contribution is 5.83. The van der Waals surface area contributed by atoms with Crippen LogP contribution in [0.25, 0.3) is 0 Å². The quantitative estimate of drug-likeness (QED) is 0.717. The molecule has 4 heteroatoms. The van der Waals surface area contributed by atoms with Crippen LogP contribution in [0.2, 0.25) is 0 Å². The molecule has 1 aliphatic carbocycles. The molecule has 0 radical (unpaired) electrons. The molecule has 1 amide bonds. The molecule has 132 valence electrons. The minimum atomic E-state index is -0.491. The summed E-state index contributed by atoms with van der Waals surface area (Å²) in [5, 5.41) is 0. The fraction of sp³-hybridized carbons (Fsp3) is 0.895. The van der Waals surface area contributed by atoms with Crippen molar-refractivity contribution in [2.24, 2.45) is 17.3 Å². The predicted molar refractivity (Wildman–Crippen MR) is 91.3 cm³/mol. The Balaban J connectivity index is 2.11. The van der Waals surface area contributed by atoms with Crippen molar-refractivity contribution in [1.82, 2.24) is 4.90 Å². The van der Waals surface area contributed by atoms with Gasteiger partial charge < -0.3 is 9.64 Å². The van der Waals surface area contributed by atoms with Gasteiger partial charge in [-0.1, -0.05) is 20.8 Å². The lowest BCUT2D eigenvalue weighted by Gasteiger charge is -2.41. The Bertz CT molecular complexity index is 458. The molecule has 1 saturated heterocycles. The monoisotopic (exact) mass is 323 g/mol. The third-order valence-corrected chi connectivity index (χ3v) is 5.31. The molecule has 1 heterocycles. The first-order valence-electron chi connectivity index (χ1n) is 9.01. The number of carbonyl (C=O) groups is 2. The van der Waals surface area contributed by atoms with Crippen LogP contribution in [0, 0.1) is 17.3 Å². The number of ether oxygens (including phenoxy) is 1. The zero-order valence-electron chi connectivity index (χ0n) is 15.6. The predicted octanol–water partition coefficient (Wildman–Crippen LogP) is 4.42. The summed E-state index contributed by atoms with van der Waals surface area (Å²) in [4.78, 5) is 26.8. The highest BCUT2D eigenvalue weighted by atomic mass is 16.6. The average molecular weight is 323 g/mol. The van der Waals surface area contributed by atoms with E-state index in [-0.39, 0.29) is 23.5 Å². The van der Waals surface area contributed by atoms with Crippen LogP contribution in [0.15, 0.2) is 0 Å². The molecule has 0 aromatic rings. The number of hydrogen-bond donors (Lipinski definition) is 0. The van der Waals surface area contributed by atoms with Crippen LogP contribution in [0.3, 0.4) is 0 Å². The lowest BCUT2D eigenvalue weighted by atomic mass is 9.67. The van der Waals surface area contributed by atoms with Crippen molar-refractivity contribution in [3.63, 3.8) is 0 Å². The molecule has 4 nitrogen and oxygen atoms in total. The molecule has 0 N–H and O–H groups in total. The SMILES string of the molecule is CC(C)(C)OC(=O)N1CCCC1C1CC(C(C)(C)C)CCC1=O. The smallest absolute Gasteiger partial charge is 0.410 e. The van der Waals surface area contributed by atoms with E-state index in [1.165, 1.54) is 0 Å². The van der Waals surface area contributed by atoms with E-state index in [1.807, 2.05) is 25.7 Å². The van der Waals surface area contributed by atoms with Gasteiger partial charge in [-0.25, -0.2) is 4.79 Å². The summed E-state index contributed by atoms with van der Waals surface area (Å²) >= 11 is 0. The minimum Gasteiger partial charge on any atom is -0.444 e. The van der Waals surface area contributed by atoms with Gasteiger partial charge in [0.05, 0.1) is 0 Å². The average Bonchev–Trinajstić information content (AvgIpc) is 2.84. The molecular weight excluding hydrogens is 290 g/mol. The summed E-state index contributed by atoms with van der Waals surface area (Å²) in [5.74, 6) is 0.875. The second-order valence-electron chi connectivity index (χ2n) is 9.29. The molecule has 1 saturated carbocycles. The van der Waals surface area contributed by atoms with Crippen molar-refractivity contribution in [2.45, 2.75) is 85.3 Å². The van der Waals surface area contributed by atoms with Gasteiger partial charge in [-0.3, -0.25) is 4.79 Å². The van der Waals surface area contributed by atoms with Gasteiger partial charge in [0.2, 0.25) is 0 Å². The fourth-order valence-electron chi connectivity index (χ4n) is 3.97. The van der Waals surface area contributed by atoms with Gasteiger partial charge in [-0.2, -0.15) is 0 Å². The normalized spacial score (nSPS) is 29.7. The Hall–Kier alpha value is -1.06. The second kappa shape index (κ2) is 6.45. The third kappa shape index (κ3) is 4.48. The van der Waals surface area contributed by atoms with Gasteiger partial charge >= 0.3 is 6.09 Å². The number of rotatable bonds is 1. The van der Waals surface area contributed by atoms with Crippen LogP contribution in [0.4, 0.5) is 4.79 Å². The standard InChI is InChI=1S/C19H33NO3/c1-18(2,3)13-9-10-16(21)14(12-13)15-8-7-11-20(15)17(22)23-19(4,5)6/h13-15H,7-12H2,1-6H3. The van der Waals surface area contributed by atoms with Crippen LogP contribution in [-0.2, 0) is 9.53 Å². The maximum atomic E-state index is 12.5. The molecule has 2 fully saturated rings. The zero-order valence-corrected chi connectivity index (χ0v) is 15.6. The number of carbonyl (C=O) groups excluding carboxylic acids is 2. The summed E-state index contributed by atoms with van der Waals surface area (Å²) in [6.07, 6.45) is 4.18. The van der Waals surface area contributed by atoms with Crippen molar-refractivity contribution >= 4 is 11.9 Å². The van der Waals surface area contributed by atoms with Gasteiger partial charge in [0.1, 0.15) is 11.4 Å². The molecule has 0 aromatic heterocycles. The van der Waals surface area contributed by atoms with E-state index in [9.17, 15) is 9.59 Å². The van der Waals surface area contributed by atoms with Gasteiger partial charge in [0, 0.05) is 24.9 Å². The largest absolute Gasteiger partial charge is 0.444 e. The van der Waals surface area contributed by atoms with Gasteiger partial charge in [-0.05, 0) is 57.8 Å². The molecule has 2 aliphatic rings. The molecule has 3 atom stereocenters. The second-order valence-corrected chi connectivity index (χ2v) is 9.29. The molecule has 2 rings (SSSR count). The summed E-state index contributed by atoms with van der Waals surface area (Å²) in [6, 6.07) is 0.0301. The molecule has 0 aromatic carbocycles. The van der Waals surface area contributed by atoms with Crippen molar-refractivity contribution in [3.05, 3.63) is 0 Å². The van der Waals surface area contributed by atoms with Crippen molar-refractivity contribution in [3.8, 4) is 0 Å². The Morgan fingerprint density at radius 2 is 1.78 bits per heavy atom. The van der Waals surface area contributed by atoms with Gasteiger partial charge in [-0.15, -0.1) is 0 Å². The van der Waals surface area contributed by atoms with E-state index in [0.717, 1.165) is 25.7 Å². The lowest BCUT2D eigenvalue weighted by molar-refractivity contribution is -0.128. The molecule has 1 aliphatic heterocycles. The summed E-state index contributed by atoms with van der Waals surface area (Å²) < 4.78 is 5.55. The summed E-state index contributed by atoms with van der Waals surface area (Å²) in [7, 11) is 0. The van der Waals surface area contributed by atoms with Crippen molar-refractivity contribution in [2.75, 3.05) is 6.54 Å². The Morgan fingerprint density at radius 3 is 2.35 bits per heavy atom. The van der Waals surface area contributed by atoms with E-state index < -0.39 is 5.60 Å². The van der Waals surface area contributed by atoms with Crippen molar-refractivity contribution in [1.29, 1.82) is 0 Å². The topological polar surface area (TPSA) is 46.6 Å². The summed E-state index contributed by atoms with van der Waals surface area (Å²) in [6.45, 7) is 13.1. The van der Waals surface area contributed by atoms with Crippen LogP contribution in [0.1, 0.15) is 73.6 Å². The van der Waals surface area contributed by atoms with Gasteiger partial charge in [0.25, 0.3) is 0 Å². The molecule has 0 spiro atoms. The molecule has 3 unspecified atom stereocenters. The maximum absolute atomic E-state index is 12.5. The summed E-state index contributed by atoms with van der Waals surface area (Å²) in [5.41, 5.74) is -0.275. The number of hydrogen-bond acceptors (Lipinski definition) is 3. The van der Waals surface area contributed by atoms with Crippen LogP contribution < -0.4 is 0 Å². The number of nitrogens with zero attached hydrogens (tertiary/aromatic N) is 1. The highest BCUT2D eigenvalue weighted by Gasteiger charge is 2.44. The molecule has 0 bridgehead atoms. The Morgan fingerprint density at radius 1 is 1.13 bits per heavy atom. The zero-order chi connectivity index (χ0) is 17.4. The first kappa shape index (κ1) is 18.3. The van der Waals surface area contributed by atoms with E-state index in [1.54, 1.807) is 0 Å². The van der Waals surface area contributed by atoms with Crippen LogP contribution in [-0.4, -0.2) is 35.0 Å². The molecule has 23 heavy (non-hydrogen) atoms. The van der Waals surface area contributed by atoms with E-state index in [4.69, 9.17) is 4.74 Å². The highest BCUT2D eigenvalue weighted by Crippen LogP contribution is 2.42. The van der Waals surface area contributed by atoms with E-state index >= 15 is 0 Å². The molecular formula is C19H33NO3. The maximum Gasteiger partial charge on any atom is 0.410 e. The third-order valence-electron chi connectivity index (χ3n) is 5.31. The first-order chi connectivity index (χ1) is 10.5.